The van der Waals surface area contributed by atoms with E-state index in [4.69, 9.17) is 23.1 Å². The average molecular weight is 353 g/mol. The smallest absolute Gasteiger partial charge is 0.184 e. The standard InChI is InChI=1S/C14H32O6Si2/c1-16-9-10-11(17-2)12(19-21(3,4)5)13(14(15)18-10)20-22(6,7)8/h10-15H,9H2,1-8H3/t10-,11-,12+,13-,14+/m1/s1. The first-order valence-corrected chi connectivity index (χ1v) is 14.5. The lowest BCUT2D eigenvalue weighted by Gasteiger charge is -2.47. The molecule has 1 fully saturated rings. The predicted molar refractivity (Wildman–Crippen MR) is 90.0 cm³/mol. The van der Waals surface area contributed by atoms with Crippen LogP contribution in [0.2, 0.25) is 39.3 Å². The Morgan fingerprint density at radius 2 is 1.36 bits per heavy atom. The van der Waals surface area contributed by atoms with Crippen LogP contribution >= 0.6 is 0 Å². The molecule has 0 amide bonds. The third kappa shape index (κ3) is 6.01. The van der Waals surface area contributed by atoms with Gasteiger partial charge in [0.05, 0.1) is 6.61 Å². The van der Waals surface area contributed by atoms with Crippen molar-refractivity contribution >= 4 is 16.6 Å². The van der Waals surface area contributed by atoms with Gasteiger partial charge in [0, 0.05) is 14.2 Å². The summed E-state index contributed by atoms with van der Waals surface area (Å²) in [6.45, 7) is 12.9. The maximum Gasteiger partial charge on any atom is 0.184 e. The molecule has 0 unspecified atom stereocenters. The van der Waals surface area contributed by atoms with E-state index in [0.717, 1.165) is 0 Å². The topological polar surface area (TPSA) is 66.4 Å². The third-order valence-electron chi connectivity index (χ3n) is 3.19. The fourth-order valence-electron chi connectivity index (χ4n) is 2.55. The quantitative estimate of drug-likeness (QED) is 0.705. The molecule has 1 heterocycles. The van der Waals surface area contributed by atoms with Crippen molar-refractivity contribution in [2.45, 2.75) is 70.0 Å². The van der Waals surface area contributed by atoms with Gasteiger partial charge in [-0.25, -0.2) is 0 Å². The lowest BCUT2D eigenvalue weighted by Crippen LogP contribution is -2.64. The van der Waals surface area contributed by atoms with Crippen molar-refractivity contribution in [1.29, 1.82) is 0 Å². The van der Waals surface area contributed by atoms with E-state index in [-0.39, 0.29) is 18.3 Å². The molecule has 1 N–H and O–H groups in total. The van der Waals surface area contributed by atoms with Crippen molar-refractivity contribution in [2.24, 2.45) is 0 Å². The summed E-state index contributed by atoms with van der Waals surface area (Å²) in [5.74, 6) is 0. The lowest BCUT2D eigenvalue weighted by molar-refractivity contribution is -0.284. The third-order valence-corrected chi connectivity index (χ3v) is 5.15. The monoisotopic (exact) mass is 352 g/mol. The summed E-state index contributed by atoms with van der Waals surface area (Å²) in [5, 5.41) is 10.4. The summed E-state index contributed by atoms with van der Waals surface area (Å²) in [5.41, 5.74) is 0. The van der Waals surface area contributed by atoms with E-state index in [0.29, 0.717) is 6.61 Å². The van der Waals surface area contributed by atoms with E-state index in [2.05, 4.69) is 39.3 Å². The second kappa shape index (κ2) is 7.84. The minimum Gasteiger partial charge on any atom is -0.409 e. The number of hydrogen-bond acceptors (Lipinski definition) is 6. The van der Waals surface area contributed by atoms with Crippen molar-refractivity contribution in [3.8, 4) is 0 Å². The highest BCUT2D eigenvalue weighted by atomic mass is 28.4. The van der Waals surface area contributed by atoms with E-state index in [1.807, 2.05) is 0 Å². The van der Waals surface area contributed by atoms with Crippen molar-refractivity contribution in [3.63, 3.8) is 0 Å². The molecule has 8 heteroatoms. The highest BCUT2D eigenvalue weighted by Crippen LogP contribution is 2.30. The number of hydrogen-bond donors (Lipinski definition) is 1. The molecule has 22 heavy (non-hydrogen) atoms. The minimum absolute atomic E-state index is 0.334. The molecule has 0 aromatic carbocycles. The molecule has 0 radical (unpaired) electrons. The van der Waals surface area contributed by atoms with Crippen LogP contribution in [0.5, 0.6) is 0 Å². The summed E-state index contributed by atoms with van der Waals surface area (Å²) in [7, 11) is -0.508. The zero-order chi connectivity index (χ0) is 17.1. The van der Waals surface area contributed by atoms with Crippen LogP contribution in [0.25, 0.3) is 0 Å². The van der Waals surface area contributed by atoms with E-state index >= 15 is 0 Å². The van der Waals surface area contributed by atoms with Crippen LogP contribution in [0.15, 0.2) is 0 Å². The molecule has 0 saturated carbocycles. The Morgan fingerprint density at radius 3 is 1.77 bits per heavy atom. The van der Waals surface area contributed by atoms with E-state index < -0.39 is 29.0 Å². The molecule has 0 spiro atoms. The van der Waals surface area contributed by atoms with Crippen molar-refractivity contribution < 1.29 is 28.2 Å². The van der Waals surface area contributed by atoms with Crippen LogP contribution in [0.3, 0.4) is 0 Å². The molecule has 6 nitrogen and oxygen atoms in total. The Hall–Kier alpha value is 0.194. The maximum absolute atomic E-state index is 10.4. The van der Waals surface area contributed by atoms with Crippen LogP contribution in [0.4, 0.5) is 0 Å². The molecule has 1 saturated heterocycles. The fourth-order valence-corrected chi connectivity index (χ4v) is 4.71. The molecule has 0 aromatic heterocycles. The zero-order valence-corrected chi connectivity index (χ0v) is 17.1. The molecule has 0 bridgehead atoms. The fraction of sp³-hybridized carbons (Fsp3) is 1.00. The van der Waals surface area contributed by atoms with Gasteiger partial charge in [0.15, 0.2) is 22.9 Å². The SMILES string of the molecule is COC[C@H]1O[C@H](O)[C@H](O[Si](C)(C)C)[C@@H](O[Si](C)(C)C)[C@@H]1OC. The molecule has 5 atom stereocenters. The first-order valence-electron chi connectivity index (χ1n) is 7.69. The Morgan fingerprint density at radius 1 is 0.864 bits per heavy atom. The Kier molecular flexibility index (Phi) is 7.22. The maximum atomic E-state index is 10.4. The molecular weight excluding hydrogens is 320 g/mol. The molecular formula is C14H32O6Si2. The Balaban J connectivity index is 3.06. The van der Waals surface area contributed by atoms with E-state index in [1.165, 1.54) is 0 Å². The largest absolute Gasteiger partial charge is 0.409 e. The summed E-state index contributed by atoms with van der Waals surface area (Å²) in [4.78, 5) is 0. The second-order valence-electron chi connectivity index (χ2n) is 7.61. The van der Waals surface area contributed by atoms with Gasteiger partial charge in [0.2, 0.25) is 0 Å². The zero-order valence-electron chi connectivity index (χ0n) is 15.1. The summed E-state index contributed by atoms with van der Waals surface area (Å²) >= 11 is 0. The first kappa shape index (κ1) is 20.2. The van der Waals surface area contributed by atoms with Crippen LogP contribution in [-0.4, -0.2) is 73.3 Å². The molecule has 1 rings (SSSR count). The van der Waals surface area contributed by atoms with E-state index in [1.54, 1.807) is 14.2 Å². The minimum atomic E-state index is -1.88. The van der Waals surface area contributed by atoms with Gasteiger partial charge in [-0.1, -0.05) is 0 Å². The summed E-state index contributed by atoms with van der Waals surface area (Å²) in [6.07, 6.45) is -2.67. The van der Waals surface area contributed by atoms with Crippen LogP contribution in [0.1, 0.15) is 0 Å². The van der Waals surface area contributed by atoms with Gasteiger partial charge in [0.25, 0.3) is 0 Å². The number of aliphatic hydroxyl groups excluding tert-OH is 1. The predicted octanol–water partition coefficient (Wildman–Crippen LogP) is 1.81. The average Bonchev–Trinajstić information content (AvgIpc) is 2.31. The number of methoxy groups -OCH3 is 2. The molecule has 0 aromatic rings. The summed E-state index contributed by atoms with van der Waals surface area (Å²) in [6, 6.07) is 0. The molecule has 1 aliphatic rings. The van der Waals surface area contributed by atoms with Crippen molar-refractivity contribution in [3.05, 3.63) is 0 Å². The molecule has 1 aliphatic heterocycles. The van der Waals surface area contributed by atoms with Crippen molar-refractivity contribution in [2.75, 3.05) is 20.8 Å². The van der Waals surface area contributed by atoms with Crippen LogP contribution in [0, 0.1) is 0 Å². The van der Waals surface area contributed by atoms with Gasteiger partial charge in [-0.05, 0) is 39.3 Å². The lowest BCUT2D eigenvalue weighted by atomic mass is 9.99. The number of aliphatic hydroxyl groups is 1. The van der Waals surface area contributed by atoms with Gasteiger partial charge < -0.3 is 28.2 Å². The Labute approximate surface area is 136 Å². The van der Waals surface area contributed by atoms with Crippen LogP contribution < -0.4 is 0 Å². The summed E-state index contributed by atoms with van der Waals surface area (Å²) < 4.78 is 28.9. The normalized spacial score (nSPS) is 34.0. The van der Waals surface area contributed by atoms with Gasteiger partial charge in [0.1, 0.15) is 24.4 Å². The highest BCUT2D eigenvalue weighted by molar-refractivity contribution is 6.70. The Bertz CT molecular complexity index is 341. The van der Waals surface area contributed by atoms with Crippen LogP contribution in [-0.2, 0) is 23.1 Å². The number of ether oxygens (including phenoxy) is 3. The van der Waals surface area contributed by atoms with Gasteiger partial charge in [-0.3, -0.25) is 0 Å². The molecule has 132 valence electrons. The second-order valence-corrected chi connectivity index (χ2v) is 16.5. The van der Waals surface area contributed by atoms with Gasteiger partial charge in [-0.2, -0.15) is 0 Å². The van der Waals surface area contributed by atoms with Gasteiger partial charge in [-0.15, -0.1) is 0 Å². The van der Waals surface area contributed by atoms with Gasteiger partial charge >= 0.3 is 0 Å². The van der Waals surface area contributed by atoms with Crippen molar-refractivity contribution in [1.82, 2.24) is 0 Å². The highest BCUT2D eigenvalue weighted by Gasteiger charge is 2.49. The molecule has 0 aliphatic carbocycles. The number of rotatable bonds is 7. The first-order chi connectivity index (χ1) is 9.98. The van der Waals surface area contributed by atoms with E-state index in [9.17, 15) is 5.11 Å².